The zero-order valence-corrected chi connectivity index (χ0v) is 25.7. The lowest BCUT2D eigenvalue weighted by Crippen LogP contribution is -2.31. The fraction of sp³-hybridized carbons (Fsp3) is 0.529. The van der Waals surface area contributed by atoms with Crippen LogP contribution in [0.15, 0.2) is 54.2 Å². The summed E-state index contributed by atoms with van der Waals surface area (Å²) in [5.74, 6) is 1.37. The van der Waals surface area contributed by atoms with Crippen molar-refractivity contribution < 1.29 is 18.8 Å². The van der Waals surface area contributed by atoms with E-state index in [9.17, 15) is 4.79 Å². The number of methoxy groups -OCH3 is 1. The molecule has 0 radical (unpaired) electrons. The molecule has 0 aliphatic rings. The minimum Gasteiger partial charge on any atom is -0.493 e. The van der Waals surface area contributed by atoms with Gasteiger partial charge in [-0.15, -0.1) is 0 Å². The Balaban J connectivity index is 1.39. The average molecular weight is 566 g/mol. The van der Waals surface area contributed by atoms with Crippen molar-refractivity contribution in [1.29, 1.82) is 0 Å². The molecule has 0 fully saturated rings. The SMILES string of the molecule is CCCCCCCCCCCCCCOc1cc(CC(=O)Nc2ccccc2C[n+]2csc(C)c2)ccc1OC. The van der Waals surface area contributed by atoms with Crippen molar-refractivity contribution in [3.8, 4) is 11.5 Å². The summed E-state index contributed by atoms with van der Waals surface area (Å²) in [5, 5.41) is 3.11. The van der Waals surface area contributed by atoms with E-state index in [0.717, 1.165) is 29.8 Å². The molecule has 0 aliphatic carbocycles. The fourth-order valence-electron chi connectivity index (χ4n) is 4.95. The molecule has 0 saturated heterocycles. The molecular formula is C34H49N2O3S+. The summed E-state index contributed by atoms with van der Waals surface area (Å²) in [6.07, 6.45) is 18.2. The number of carbonyl (C=O) groups is 1. The number of nitrogens with one attached hydrogen (secondary N) is 1. The largest absolute Gasteiger partial charge is 0.493 e. The summed E-state index contributed by atoms with van der Waals surface area (Å²) in [5.41, 5.74) is 4.94. The lowest BCUT2D eigenvalue weighted by atomic mass is 10.1. The highest BCUT2D eigenvalue weighted by atomic mass is 32.1. The predicted octanol–water partition coefficient (Wildman–Crippen LogP) is 8.66. The number of nitrogens with zero attached hydrogens (tertiary/aromatic N) is 1. The molecule has 218 valence electrons. The van der Waals surface area contributed by atoms with Crippen molar-refractivity contribution in [2.75, 3.05) is 19.0 Å². The monoisotopic (exact) mass is 565 g/mol. The van der Waals surface area contributed by atoms with Gasteiger partial charge >= 0.3 is 0 Å². The van der Waals surface area contributed by atoms with Gasteiger partial charge in [0, 0.05) is 5.56 Å². The molecule has 0 atom stereocenters. The molecule has 1 N–H and O–H groups in total. The Morgan fingerprint density at radius 1 is 0.875 bits per heavy atom. The minimum absolute atomic E-state index is 0.0453. The summed E-state index contributed by atoms with van der Waals surface area (Å²) >= 11 is 1.72. The number of hydrogen-bond donors (Lipinski definition) is 1. The molecule has 2 aromatic carbocycles. The molecule has 1 amide bonds. The molecule has 1 aromatic heterocycles. The molecule has 3 rings (SSSR count). The average Bonchev–Trinajstić information content (AvgIpc) is 3.36. The number of thiazole rings is 1. The number of benzene rings is 2. The number of hydrogen-bond acceptors (Lipinski definition) is 4. The summed E-state index contributed by atoms with van der Waals surface area (Å²) in [6.45, 7) is 5.76. The van der Waals surface area contributed by atoms with Crippen LogP contribution < -0.4 is 19.4 Å². The van der Waals surface area contributed by atoms with Crippen LogP contribution in [0, 0.1) is 6.92 Å². The van der Waals surface area contributed by atoms with Gasteiger partial charge in [-0.25, -0.2) is 0 Å². The third kappa shape index (κ3) is 11.7. The first-order valence-corrected chi connectivity index (χ1v) is 16.1. The normalized spacial score (nSPS) is 11.0. The van der Waals surface area contributed by atoms with Gasteiger partial charge in [0.1, 0.15) is 0 Å². The van der Waals surface area contributed by atoms with Crippen LogP contribution in [0.3, 0.4) is 0 Å². The van der Waals surface area contributed by atoms with Gasteiger partial charge < -0.3 is 14.8 Å². The van der Waals surface area contributed by atoms with Crippen LogP contribution in [0.1, 0.15) is 100.0 Å². The van der Waals surface area contributed by atoms with E-state index >= 15 is 0 Å². The zero-order valence-electron chi connectivity index (χ0n) is 24.9. The van der Waals surface area contributed by atoms with Crippen molar-refractivity contribution in [1.82, 2.24) is 0 Å². The lowest BCUT2D eigenvalue weighted by molar-refractivity contribution is -0.683. The van der Waals surface area contributed by atoms with Gasteiger partial charge in [-0.1, -0.05) is 113 Å². The van der Waals surface area contributed by atoms with Crippen molar-refractivity contribution in [2.24, 2.45) is 0 Å². The topological polar surface area (TPSA) is 51.4 Å². The number of aromatic nitrogens is 1. The quantitative estimate of drug-likeness (QED) is 0.110. The molecule has 0 spiro atoms. The number of amides is 1. The van der Waals surface area contributed by atoms with Crippen molar-refractivity contribution in [3.63, 3.8) is 0 Å². The number of unbranched alkanes of at least 4 members (excludes halogenated alkanes) is 11. The number of para-hydroxylation sites is 1. The van der Waals surface area contributed by atoms with Gasteiger partial charge in [0.05, 0.1) is 30.7 Å². The first-order chi connectivity index (χ1) is 19.6. The smallest absolute Gasteiger partial charge is 0.228 e. The highest BCUT2D eigenvalue weighted by Crippen LogP contribution is 2.29. The number of carbonyl (C=O) groups excluding carboxylic acids is 1. The Morgan fingerprint density at radius 2 is 1.55 bits per heavy atom. The molecular weight excluding hydrogens is 516 g/mol. The van der Waals surface area contributed by atoms with Crippen LogP contribution in [0.2, 0.25) is 0 Å². The number of ether oxygens (including phenoxy) is 2. The van der Waals surface area contributed by atoms with Gasteiger partial charge in [-0.05, 0) is 37.1 Å². The van der Waals surface area contributed by atoms with Crippen molar-refractivity contribution >= 4 is 22.9 Å². The molecule has 5 nitrogen and oxygen atoms in total. The summed E-state index contributed by atoms with van der Waals surface area (Å²) in [4.78, 5) is 14.2. The standard InChI is InChI=1S/C34H48N2O3S/c1-4-5-6-7-8-9-10-11-12-13-14-17-22-39-33-23-29(20-21-32(33)38-3)24-34(37)35-31-19-16-15-18-30(31)26-36-25-28(2)40-27-36/h15-16,18-21,23,25,27H,4-14,17,22,24,26H2,1-3H3/p+1. The Morgan fingerprint density at radius 3 is 2.20 bits per heavy atom. The van der Waals surface area contributed by atoms with Crippen LogP contribution in [-0.4, -0.2) is 19.6 Å². The number of aryl methyl sites for hydroxylation is 1. The highest BCUT2D eigenvalue weighted by Gasteiger charge is 2.14. The molecule has 0 bridgehead atoms. The van der Waals surface area contributed by atoms with E-state index in [0.29, 0.717) is 18.1 Å². The second kappa shape index (κ2) is 18.5. The van der Waals surface area contributed by atoms with E-state index in [-0.39, 0.29) is 12.3 Å². The van der Waals surface area contributed by atoms with E-state index in [1.54, 1.807) is 18.4 Å². The van der Waals surface area contributed by atoms with Gasteiger partial charge in [0.2, 0.25) is 11.4 Å². The maximum atomic E-state index is 13.0. The second-order valence-electron chi connectivity index (χ2n) is 10.7. The highest BCUT2D eigenvalue weighted by molar-refractivity contribution is 7.09. The van der Waals surface area contributed by atoms with Gasteiger partial charge in [-0.3, -0.25) is 4.79 Å². The first-order valence-electron chi connectivity index (χ1n) is 15.2. The zero-order chi connectivity index (χ0) is 28.4. The molecule has 0 saturated carbocycles. The minimum atomic E-state index is -0.0453. The number of rotatable bonds is 20. The Labute approximate surface area is 245 Å². The van der Waals surface area contributed by atoms with Gasteiger partial charge in [-0.2, -0.15) is 4.57 Å². The third-order valence-corrected chi connectivity index (χ3v) is 8.07. The van der Waals surface area contributed by atoms with Crippen LogP contribution in [0.25, 0.3) is 0 Å². The maximum Gasteiger partial charge on any atom is 0.228 e. The number of anilines is 1. The van der Waals surface area contributed by atoms with E-state index in [1.165, 1.54) is 75.5 Å². The summed E-state index contributed by atoms with van der Waals surface area (Å²) in [7, 11) is 1.66. The molecule has 0 aliphatic heterocycles. The van der Waals surface area contributed by atoms with E-state index in [2.05, 4.69) is 41.5 Å². The first kappa shape index (κ1) is 31.7. The Bertz CT molecular complexity index is 1140. The van der Waals surface area contributed by atoms with Crippen LogP contribution in [-0.2, 0) is 17.8 Å². The van der Waals surface area contributed by atoms with Crippen LogP contribution in [0.4, 0.5) is 5.69 Å². The van der Waals surface area contributed by atoms with E-state index < -0.39 is 0 Å². The second-order valence-corrected chi connectivity index (χ2v) is 11.8. The van der Waals surface area contributed by atoms with Crippen molar-refractivity contribution in [2.45, 2.75) is 104 Å². The van der Waals surface area contributed by atoms with Gasteiger partial charge in [0.25, 0.3) is 0 Å². The van der Waals surface area contributed by atoms with E-state index in [1.807, 2.05) is 36.4 Å². The summed E-state index contributed by atoms with van der Waals surface area (Å²) < 4.78 is 13.7. The molecule has 3 aromatic rings. The van der Waals surface area contributed by atoms with Crippen molar-refractivity contribution in [3.05, 3.63) is 70.2 Å². The maximum absolute atomic E-state index is 13.0. The molecule has 6 heteroatoms. The Kier molecular flexibility index (Phi) is 14.6. The molecule has 40 heavy (non-hydrogen) atoms. The van der Waals surface area contributed by atoms with Gasteiger partial charge in [0.15, 0.2) is 24.2 Å². The fourth-order valence-corrected chi connectivity index (χ4v) is 5.59. The Hall–Kier alpha value is -2.86. The lowest BCUT2D eigenvalue weighted by Gasteiger charge is -2.13. The van der Waals surface area contributed by atoms with E-state index in [4.69, 9.17) is 9.47 Å². The predicted molar refractivity (Wildman–Crippen MR) is 167 cm³/mol. The van der Waals surface area contributed by atoms with Crippen LogP contribution in [0.5, 0.6) is 11.5 Å². The van der Waals surface area contributed by atoms with Crippen LogP contribution >= 0.6 is 11.3 Å². The summed E-state index contributed by atoms with van der Waals surface area (Å²) in [6, 6.07) is 13.8. The third-order valence-electron chi connectivity index (χ3n) is 7.21. The molecule has 1 heterocycles. The molecule has 0 unspecified atom stereocenters.